The molecule has 1 saturated carbocycles. The molecule has 24 heavy (non-hydrogen) atoms. The van der Waals surface area contributed by atoms with Crippen molar-refractivity contribution in [3.8, 4) is 17.2 Å². The van der Waals surface area contributed by atoms with E-state index in [-0.39, 0.29) is 24.9 Å². The van der Waals surface area contributed by atoms with E-state index in [1.165, 1.54) is 9.25 Å². The van der Waals surface area contributed by atoms with Gasteiger partial charge in [-0.25, -0.2) is 14.0 Å². The van der Waals surface area contributed by atoms with Gasteiger partial charge in [0.25, 0.3) is 0 Å². The fourth-order valence-electron chi connectivity index (χ4n) is 2.71. The number of ether oxygens (including phenoxy) is 2. The van der Waals surface area contributed by atoms with Crippen LogP contribution >= 0.6 is 0 Å². The summed E-state index contributed by atoms with van der Waals surface area (Å²) in [7, 11) is 0. The predicted octanol–water partition coefficient (Wildman–Crippen LogP) is 0.597. The molecule has 0 radical (unpaired) electrons. The lowest BCUT2D eigenvalue weighted by Crippen LogP contribution is -2.34. The first kappa shape index (κ1) is 14.8. The van der Waals surface area contributed by atoms with Crippen LogP contribution in [-0.4, -0.2) is 33.6 Å². The molecule has 2 aliphatic rings. The van der Waals surface area contributed by atoms with Gasteiger partial charge >= 0.3 is 5.69 Å². The normalized spacial score (nSPS) is 15.5. The Morgan fingerprint density at radius 2 is 2.12 bits per heavy atom. The van der Waals surface area contributed by atoms with Crippen LogP contribution in [0.15, 0.2) is 23.0 Å². The van der Waals surface area contributed by atoms with Crippen LogP contribution in [-0.2, 0) is 11.3 Å². The number of hydrogen-bond donors (Lipinski definition) is 1. The number of nitrogens with one attached hydrogen (secondary N) is 1. The average molecular weight is 330 g/mol. The van der Waals surface area contributed by atoms with Crippen molar-refractivity contribution in [2.45, 2.75) is 26.3 Å². The molecule has 2 aromatic rings. The van der Waals surface area contributed by atoms with E-state index in [4.69, 9.17) is 9.47 Å². The molecule has 2 heterocycles. The van der Waals surface area contributed by atoms with Crippen LogP contribution in [0.4, 0.5) is 0 Å². The lowest BCUT2D eigenvalue weighted by molar-refractivity contribution is -0.121. The maximum Gasteiger partial charge on any atom is 0.351 e. The Morgan fingerprint density at radius 3 is 2.92 bits per heavy atom. The molecule has 126 valence electrons. The molecule has 0 unspecified atom stereocenters. The van der Waals surface area contributed by atoms with Crippen LogP contribution in [0.1, 0.15) is 18.7 Å². The second-order valence-corrected chi connectivity index (χ2v) is 6.11. The zero-order valence-electron chi connectivity index (χ0n) is 13.3. The molecule has 8 heteroatoms. The van der Waals surface area contributed by atoms with E-state index in [0.717, 1.165) is 12.8 Å². The summed E-state index contributed by atoms with van der Waals surface area (Å²) < 4.78 is 13.3. The van der Waals surface area contributed by atoms with Gasteiger partial charge < -0.3 is 14.8 Å². The smallest absolute Gasteiger partial charge is 0.351 e. The van der Waals surface area contributed by atoms with Gasteiger partial charge in [0.1, 0.15) is 12.4 Å². The molecule has 1 aliphatic carbocycles. The van der Waals surface area contributed by atoms with Crippen molar-refractivity contribution in [1.29, 1.82) is 0 Å². The molecule has 0 spiro atoms. The van der Waals surface area contributed by atoms with E-state index in [1.54, 1.807) is 25.1 Å². The first-order valence-electron chi connectivity index (χ1n) is 7.95. The van der Waals surface area contributed by atoms with Gasteiger partial charge in [-0.05, 0) is 37.8 Å². The first-order valence-corrected chi connectivity index (χ1v) is 7.95. The highest BCUT2D eigenvalue weighted by Gasteiger charge is 2.22. The third-order valence-corrected chi connectivity index (χ3v) is 4.19. The number of carbonyl (C=O) groups excluding carboxylic acids is 1. The Kier molecular flexibility index (Phi) is 3.51. The fraction of sp³-hybridized carbons (Fsp3) is 0.438. The van der Waals surface area contributed by atoms with Crippen molar-refractivity contribution in [2.24, 2.45) is 5.92 Å². The molecule has 1 aliphatic heterocycles. The van der Waals surface area contributed by atoms with Gasteiger partial charge in [-0.2, -0.15) is 5.10 Å². The lowest BCUT2D eigenvalue weighted by Gasteiger charge is -2.04. The van der Waals surface area contributed by atoms with Gasteiger partial charge in [-0.3, -0.25) is 4.79 Å². The van der Waals surface area contributed by atoms with E-state index in [1.807, 2.05) is 0 Å². The van der Waals surface area contributed by atoms with Gasteiger partial charge in [0.05, 0.1) is 5.69 Å². The minimum Gasteiger partial charge on any atom is -0.454 e. The summed E-state index contributed by atoms with van der Waals surface area (Å²) in [5.74, 6) is 2.15. The predicted molar refractivity (Wildman–Crippen MR) is 84.4 cm³/mol. The molecule has 0 atom stereocenters. The molecule has 1 aromatic heterocycles. The van der Waals surface area contributed by atoms with Crippen LogP contribution in [0, 0.1) is 12.8 Å². The highest BCUT2D eigenvalue weighted by molar-refractivity contribution is 5.75. The molecular weight excluding hydrogens is 312 g/mol. The number of nitrogens with zero attached hydrogens (tertiary/aromatic N) is 3. The summed E-state index contributed by atoms with van der Waals surface area (Å²) in [6.07, 6.45) is 2.33. The Balaban J connectivity index is 1.57. The third-order valence-electron chi connectivity index (χ3n) is 4.19. The van der Waals surface area contributed by atoms with Crippen molar-refractivity contribution >= 4 is 5.91 Å². The van der Waals surface area contributed by atoms with Gasteiger partial charge in [-0.1, -0.05) is 0 Å². The molecular formula is C16H18N4O4. The minimum atomic E-state index is -0.354. The number of aryl methyl sites for hydroxylation is 1. The second-order valence-electron chi connectivity index (χ2n) is 6.11. The van der Waals surface area contributed by atoms with Gasteiger partial charge in [0.2, 0.25) is 12.7 Å². The first-order chi connectivity index (χ1) is 11.6. The zero-order chi connectivity index (χ0) is 16.7. The topological polar surface area (TPSA) is 87.4 Å². The molecule has 0 bridgehead atoms. The Morgan fingerprint density at radius 1 is 1.33 bits per heavy atom. The summed E-state index contributed by atoms with van der Waals surface area (Å²) in [6, 6.07) is 5.25. The van der Waals surface area contributed by atoms with Crippen molar-refractivity contribution in [3.63, 3.8) is 0 Å². The number of fused-ring (bicyclic) bond motifs is 1. The lowest BCUT2D eigenvalue weighted by atomic mass is 10.2. The second kappa shape index (κ2) is 5.70. The van der Waals surface area contributed by atoms with Crippen LogP contribution in [0.3, 0.4) is 0 Å². The van der Waals surface area contributed by atoms with Crippen LogP contribution in [0.2, 0.25) is 0 Å². The fourth-order valence-corrected chi connectivity index (χ4v) is 2.71. The standard InChI is InChI=1S/C16H18N4O4/c1-10-18-19(8-15(21)17-7-11-2-3-11)16(22)20(10)12-4-5-13-14(6-12)24-9-23-13/h4-6,11H,2-3,7-9H2,1H3,(H,17,21). The van der Waals surface area contributed by atoms with Crippen molar-refractivity contribution < 1.29 is 14.3 Å². The summed E-state index contributed by atoms with van der Waals surface area (Å²) >= 11 is 0. The number of amides is 1. The average Bonchev–Trinajstić information content (AvgIpc) is 3.20. The maximum atomic E-state index is 12.6. The molecule has 1 fully saturated rings. The zero-order valence-corrected chi connectivity index (χ0v) is 13.3. The summed E-state index contributed by atoms with van der Waals surface area (Å²) in [5.41, 5.74) is 0.277. The van der Waals surface area contributed by atoms with Crippen molar-refractivity contribution in [1.82, 2.24) is 19.7 Å². The monoisotopic (exact) mass is 330 g/mol. The maximum absolute atomic E-state index is 12.6. The largest absolute Gasteiger partial charge is 0.454 e. The number of aromatic nitrogens is 3. The Bertz CT molecular complexity index is 850. The molecule has 1 N–H and O–H groups in total. The summed E-state index contributed by atoms with van der Waals surface area (Å²) in [6.45, 7) is 2.50. The highest BCUT2D eigenvalue weighted by atomic mass is 16.7. The molecule has 1 amide bonds. The minimum absolute atomic E-state index is 0.0794. The molecule has 4 rings (SSSR count). The summed E-state index contributed by atoms with van der Waals surface area (Å²) in [4.78, 5) is 24.5. The third kappa shape index (κ3) is 2.75. The van der Waals surface area contributed by atoms with Crippen molar-refractivity contribution in [3.05, 3.63) is 34.5 Å². The van der Waals surface area contributed by atoms with Crippen LogP contribution in [0.25, 0.3) is 5.69 Å². The Hall–Kier alpha value is -2.77. The van der Waals surface area contributed by atoms with Gasteiger partial charge in [-0.15, -0.1) is 0 Å². The number of hydrogen-bond acceptors (Lipinski definition) is 5. The Labute approximate surface area is 138 Å². The SMILES string of the molecule is Cc1nn(CC(=O)NCC2CC2)c(=O)n1-c1ccc2c(c1)OCO2. The molecule has 1 aromatic carbocycles. The number of carbonyl (C=O) groups is 1. The number of benzene rings is 1. The number of rotatable bonds is 5. The van der Waals surface area contributed by atoms with E-state index >= 15 is 0 Å². The van der Waals surface area contributed by atoms with E-state index in [0.29, 0.717) is 35.5 Å². The van der Waals surface area contributed by atoms with Gasteiger partial charge in [0, 0.05) is 12.6 Å². The molecule has 8 nitrogen and oxygen atoms in total. The van der Waals surface area contributed by atoms with Gasteiger partial charge in [0.15, 0.2) is 11.5 Å². The van der Waals surface area contributed by atoms with E-state index in [2.05, 4.69) is 10.4 Å². The van der Waals surface area contributed by atoms with Crippen LogP contribution in [0.5, 0.6) is 11.5 Å². The van der Waals surface area contributed by atoms with E-state index in [9.17, 15) is 9.59 Å². The quantitative estimate of drug-likeness (QED) is 0.867. The van der Waals surface area contributed by atoms with E-state index < -0.39 is 0 Å². The molecule has 0 saturated heterocycles. The highest BCUT2D eigenvalue weighted by Crippen LogP contribution is 2.33. The summed E-state index contributed by atoms with van der Waals surface area (Å²) in [5, 5.41) is 7.04. The van der Waals surface area contributed by atoms with Crippen molar-refractivity contribution in [2.75, 3.05) is 13.3 Å². The van der Waals surface area contributed by atoms with Crippen LogP contribution < -0.4 is 20.5 Å².